The quantitative estimate of drug-likeness (QED) is 0.772. The van der Waals surface area contributed by atoms with Crippen LogP contribution in [0.25, 0.3) is 0 Å². The van der Waals surface area contributed by atoms with Gasteiger partial charge in [0.25, 0.3) is 0 Å². The molecule has 2 aliphatic rings. The Bertz CT molecular complexity index is 637. The standard InChI is InChI=1S/C16H25N5O3S/c1-3-6-21-8-5-16(14(21)23)4-7-20(11-16)9-12(22)17-15-19-18-13(25-15)10-24-2/h3-11H2,1-2H3,(H,17,19,22). The lowest BCUT2D eigenvalue weighted by Crippen LogP contribution is -2.38. The number of carbonyl (C=O) groups is 2. The van der Waals surface area contributed by atoms with E-state index in [0.717, 1.165) is 43.9 Å². The lowest BCUT2D eigenvalue weighted by atomic mass is 9.85. The van der Waals surface area contributed by atoms with Crippen molar-refractivity contribution in [1.82, 2.24) is 20.0 Å². The number of rotatable bonds is 7. The van der Waals surface area contributed by atoms with Gasteiger partial charge in [0.2, 0.25) is 16.9 Å². The van der Waals surface area contributed by atoms with Gasteiger partial charge in [-0.25, -0.2) is 0 Å². The molecule has 3 rings (SSSR count). The van der Waals surface area contributed by atoms with Gasteiger partial charge in [0.1, 0.15) is 11.6 Å². The number of ether oxygens (including phenoxy) is 1. The summed E-state index contributed by atoms with van der Waals surface area (Å²) in [5.41, 5.74) is -0.274. The summed E-state index contributed by atoms with van der Waals surface area (Å²) in [4.78, 5) is 29.0. The number of methoxy groups -OCH3 is 1. The van der Waals surface area contributed by atoms with Crippen LogP contribution >= 0.6 is 11.3 Å². The van der Waals surface area contributed by atoms with Gasteiger partial charge < -0.3 is 9.64 Å². The van der Waals surface area contributed by atoms with E-state index in [4.69, 9.17) is 4.74 Å². The molecule has 138 valence electrons. The molecule has 1 aromatic heterocycles. The lowest BCUT2D eigenvalue weighted by molar-refractivity contribution is -0.135. The summed E-state index contributed by atoms with van der Waals surface area (Å²) in [7, 11) is 1.59. The van der Waals surface area contributed by atoms with Crippen molar-refractivity contribution in [3.05, 3.63) is 5.01 Å². The van der Waals surface area contributed by atoms with Gasteiger partial charge in [0, 0.05) is 26.7 Å². The van der Waals surface area contributed by atoms with Gasteiger partial charge in [-0.3, -0.25) is 19.8 Å². The molecule has 9 heteroatoms. The molecule has 0 bridgehead atoms. The van der Waals surface area contributed by atoms with Crippen LogP contribution in [0.3, 0.4) is 0 Å². The molecule has 1 atom stereocenters. The van der Waals surface area contributed by atoms with E-state index in [1.165, 1.54) is 11.3 Å². The van der Waals surface area contributed by atoms with Gasteiger partial charge in [0.05, 0.1) is 12.0 Å². The van der Waals surface area contributed by atoms with E-state index < -0.39 is 0 Å². The Balaban J connectivity index is 1.51. The van der Waals surface area contributed by atoms with Crippen LogP contribution in [0.1, 0.15) is 31.2 Å². The lowest BCUT2D eigenvalue weighted by Gasteiger charge is -2.23. The average molecular weight is 367 g/mol. The first-order valence-corrected chi connectivity index (χ1v) is 9.51. The third-order valence-electron chi connectivity index (χ3n) is 4.88. The Kier molecular flexibility index (Phi) is 5.65. The number of anilines is 1. The minimum Gasteiger partial charge on any atom is -0.377 e. The zero-order valence-corrected chi connectivity index (χ0v) is 15.6. The molecule has 1 aromatic rings. The number of hydrogen-bond acceptors (Lipinski definition) is 7. The Morgan fingerprint density at radius 1 is 1.36 bits per heavy atom. The summed E-state index contributed by atoms with van der Waals surface area (Å²) >= 11 is 1.31. The van der Waals surface area contributed by atoms with E-state index in [0.29, 0.717) is 18.3 Å². The number of amides is 2. The fourth-order valence-electron chi connectivity index (χ4n) is 3.70. The van der Waals surface area contributed by atoms with E-state index in [1.807, 2.05) is 4.90 Å². The first-order chi connectivity index (χ1) is 12.1. The first kappa shape index (κ1) is 18.2. The van der Waals surface area contributed by atoms with Crippen molar-refractivity contribution in [2.45, 2.75) is 32.8 Å². The predicted octanol–water partition coefficient (Wildman–Crippen LogP) is 0.957. The maximum atomic E-state index is 12.7. The highest BCUT2D eigenvalue weighted by atomic mass is 32.1. The van der Waals surface area contributed by atoms with Crippen molar-refractivity contribution >= 4 is 28.3 Å². The molecule has 25 heavy (non-hydrogen) atoms. The maximum Gasteiger partial charge on any atom is 0.240 e. The molecule has 2 aliphatic heterocycles. The molecule has 1 spiro atoms. The SMILES string of the molecule is CCCN1CCC2(CCN(CC(=O)Nc3nnc(COC)s3)C2)C1=O. The molecule has 2 fully saturated rings. The Hall–Kier alpha value is -1.58. The molecule has 2 amide bonds. The van der Waals surface area contributed by atoms with Crippen molar-refractivity contribution in [2.24, 2.45) is 5.41 Å². The third-order valence-corrected chi connectivity index (χ3v) is 5.69. The normalized spacial score (nSPS) is 23.8. The highest BCUT2D eigenvalue weighted by Crippen LogP contribution is 2.40. The molecular weight excluding hydrogens is 342 g/mol. The second-order valence-corrected chi connectivity index (χ2v) is 7.83. The Morgan fingerprint density at radius 2 is 2.16 bits per heavy atom. The summed E-state index contributed by atoms with van der Waals surface area (Å²) in [6.45, 7) is 5.89. The van der Waals surface area contributed by atoms with Crippen LogP contribution in [0.4, 0.5) is 5.13 Å². The van der Waals surface area contributed by atoms with Crippen molar-refractivity contribution in [1.29, 1.82) is 0 Å². The fraction of sp³-hybridized carbons (Fsp3) is 0.750. The monoisotopic (exact) mass is 367 g/mol. The van der Waals surface area contributed by atoms with E-state index in [9.17, 15) is 9.59 Å². The van der Waals surface area contributed by atoms with E-state index in [2.05, 4.69) is 27.3 Å². The van der Waals surface area contributed by atoms with Crippen LogP contribution in [-0.4, -0.2) is 71.6 Å². The second-order valence-electron chi connectivity index (χ2n) is 6.77. The zero-order chi connectivity index (χ0) is 17.9. The predicted molar refractivity (Wildman–Crippen MR) is 94.2 cm³/mol. The van der Waals surface area contributed by atoms with Gasteiger partial charge in [-0.2, -0.15) is 0 Å². The van der Waals surface area contributed by atoms with Crippen molar-refractivity contribution in [2.75, 3.05) is 45.2 Å². The van der Waals surface area contributed by atoms with Crippen molar-refractivity contribution in [3.63, 3.8) is 0 Å². The molecule has 8 nitrogen and oxygen atoms in total. The first-order valence-electron chi connectivity index (χ1n) is 8.69. The van der Waals surface area contributed by atoms with Crippen LogP contribution in [0.2, 0.25) is 0 Å². The number of nitrogens with zero attached hydrogens (tertiary/aromatic N) is 4. The largest absolute Gasteiger partial charge is 0.377 e. The van der Waals surface area contributed by atoms with Gasteiger partial charge in [-0.15, -0.1) is 10.2 Å². The topological polar surface area (TPSA) is 87.7 Å². The fourth-order valence-corrected chi connectivity index (χ4v) is 4.42. The zero-order valence-electron chi connectivity index (χ0n) is 14.8. The number of aromatic nitrogens is 2. The van der Waals surface area contributed by atoms with Gasteiger partial charge >= 0.3 is 0 Å². The minimum atomic E-state index is -0.274. The van der Waals surface area contributed by atoms with Crippen LogP contribution in [0.15, 0.2) is 0 Å². The molecule has 2 saturated heterocycles. The van der Waals surface area contributed by atoms with Gasteiger partial charge in [-0.1, -0.05) is 18.3 Å². The van der Waals surface area contributed by atoms with E-state index >= 15 is 0 Å². The molecule has 3 heterocycles. The minimum absolute atomic E-state index is 0.118. The summed E-state index contributed by atoms with van der Waals surface area (Å²) in [5.74, 6) is 0.151. The molecule has 0 aliphatic carbocycles. The molecule has 1 N–H and O–H groups in total. The third kappa shape index (κ3) is 3.99. The molecule has 0 saturated carbocycles. The maximum absolute atomic E-state index is 12.7. The molecule has 0 radical (unpaired) electrons. The Morgan fingerprint density at radius 3 is 2.92 bits per heavy atom. The van der Waals surface area contributed by atoms with Gasteiger partial charge in [0.15, 0.2) is 0 Å². The smallest absolute Gasteiger partial charge is 0.240 e. The Labute approximate surface area is 151 Å². The van der Waals surface area contributed by atoms with E-state index in [1.54, 1.807) is 7.11 Å². The van der Waals surface area contributed by atoms with E-state index in [-0.39, 0.29) is 23.8 Å². The molecular formula is C16H25N5O3S. The van der Waals surface area contributed by atoms with Crippen molar-refractivity contribution < 1.29 is 14.3 Å². The summed E-state index contributed by atoms with van der Waals surface area (Å²) < 4.78 is 4.99. The average Bonchev–Trinajstić information content (AvgIpc) is 3.26. The summed E-state index contributed by atoms with van der Waals surface area (Å²) in [5, 5.41) is 11.9. The molecule has 1 unspecified atom stereocenters. The summed E-state index contributed by atoms with van der Waals surface area (Å²) in [6, 6.07) is 0. The number of likely N-dealkylation sites (tertiary alicyclic amines) is 2. The van der Waals surface area contributed by atoms with Crippen LogP contribution in [-0.2, 0) is 20.9 Å². The van der Waals surface area contributed by atoms with Crippen LogP contribution in [0, 0.1) is 5.41 Å². The highest BCUT2D eigenvalue weighted by molar-refractivity contribution is 7.15. The van der Waals surface area contributed by atoms with Crippen LogP contribution < -0.4 is 5.32 Å². The number of carbonyl (C=O) groups excluding carboxylic acids is 2. The highest BCUT2D eigenvalue weighted by Gasteiger charge is 2.50. The number of nitrogens with one attached hydrogen (secondary N) is 1. The summed E-state index contributed by atoms with van der Waals surface area (Å²) in [6.07, 6.45) is 2.73. The molecule has 0 aromatic carbocycles. The second kappa shape index (κ2) is 7.76. The number of hydrogen-bond donors (Lipinski definition) is 1. The van der Waals surface area contributed by atoms with Crippen LogP contribution in [0.5, 0.6) is 0 Å². The van der Waals surface area contributed by atoms with Crippen molar-refractivity contribution in [3.8, 4) is 0 Å². The van der Waals surface area contributed by atoms with Gasteiger partial charge in [-0.05, 0) is 25.8 Å².